The van der Waals surface area contributed by atoms with Gasteiger partial charge in [-0.2, -0.15) is 13.2 Å². The molecule has 286 valence electrons. The second kappa shape index (κ2) is 17.1. The lowest BCUT2D eigenvalue weighted by Gasteiger charge is -2.33. The van der Waals surface area contributed by atoms with Crippen molar-refractivity contribution in [3.8, 4) is 11.1 Å². The molecule has 12 nitrogen and oxygen atoms in total. The number of methoxy groups -OCH3 is 1. The molecule has 0 radical (unpaired) electrons. The van der Waals surface area contributed by atoms with Gasteiger partial charge < -0.3 is 29.4 Å². The van der Waals surface area contributed by atoms with E-state index in [2.05, 4.69) is 15.7 Å². The van der Waals surface area contributed by atoms with Crippen LogP contribution in [0, 0.1) is 17.3 Å². The number of carbonyl (C=O) groups is 3. The molecular weight excluding hydrogens is 697 g/mol. The number of benzene rings is 2. The first-order valence-corrected chi connectivity index (χ1v) is 17.3. The number of aliphatic hydroxyl groups is 1. The van der Waals surface area contributed by atoms with Crippen molar-refractivity contribution in [2.75, 3.05) is 26.9 Å². The molecule has 2 fully saturated rings. The number of aromatic nitrogens is 1. The highest BCUT2D eigenvalue weighted by Crippen LogP contribution is 2.34. The van der Waals surface area contributed by atoms with Gasteiger partial charge in [0.1, 0.15) is 12.0 Å². The lowest BCUT2D eigenvalue weighted by molar-refractivity contribution is -0.155. The number of carbonyl (C=O) groups excluding carboxylic acids is 3. The van der Waals surface area contributed by atoms with E-state index in [9.17, 15) is 32.7 Å². The Labute approximate surface area is 305 Å². The molecular formula is C38H45F3N4O8. The summed E-state index contributed by atoms with van der Waals surface area (Å²) >= 11 is 0. The average Bonchev–Trinajstić information content (AvgIpc) is 3.73. The van der Waals surface area contributed by atoms with Crippen molar-refractivity contribution in [3.05, 3.63) is 89.7 Å². The Morgan fingerprint density at radius 1 is 1.02 bits per heavy atom. The Morgan fingerprint density at radius 2 is 1.75 bits per heavy atom. The molecule has 2 saturated heterocycles. The molecule has 0 spiro atoms. The zero-order chi connectivity index (χ0) is 38.3. The molecule has 5 rings (SSSR count). The van der Waals surface area contributed by atoms with Gasteiger partial charge in [-0.15, -0.1) is 0 Å². The first kappa shape index (κ1) is 39.6. The van der Waals surface area contributed by atoms with E-state index < -0.39 is 78.7 Å². The molecule has 6 atom stereocenters. The monoisotopic (exact) mass is 742 g/mol. The van der Waals surface area contributed by atoms with Crippen molar-refractivity contribution in [3.63, 3.8) is 0 Å². The third-order valence-corrected chi connectivity index (χ3v) is 9.35. The van der Waals surface area contributed by atoms with Crippen LogP contribution in [0.5, 0.6) is 0 Å². The van der Waals surface area contributed by atoms with E-state index in [1.165, 1.54) is 25.3 Å². The number of rotatable bonds is 13. The highest BCUT2D eigenvalue weighted by atomic mass is 19.4. The van der Waals surface area contributed by atoms with Crippen LogP contribution in [0.25, 0.3) is 11.1 Å². The maximum Gasteiger partial charge on any atom is 0.422 e. The highest BCUT2D eigenvalue weighted by molar-refractivity contribution is 5.98. The van der Waals surface area contributed by atoms with E-state index in [0.717, 1.165) is 22.2 Å². The summed E-state index contributed by atoms with van der Waals surface area (Å²) < 4.78 is 63.7. The van der Waals surface area contributed by atoms with Crippen LogP contribution >= 0.6 is 0 Å². The Kier molecular flexibility index (Phi) is 12.8. The molecule has 2 aliphatic heterocycles. The topological polar surface area (TPSA) is 149 Å². The molecule has 3 N–H and O–H groups in total. The molecule has 3 aromatic rings. The van der Waals surface area contributed by atoms with Gasteiger partial charge >= 0.3 is 18.2 Å². The summed E-state index contributed by atoms with van der Waals surface area (Å²) in [4.78, 5) is 43.9. The number of amides is 2. The average molecular weight is 743 g/mol. The second-order valence-corrected chi connectivity index (χ2v) is 14.3. The normalized spacial score (nSPS) is 20.3. The Balaban J connectivity index is 1.42. The molecule has 6 unspecified atom stereocenters. The van der Waals surface area contributed by atoms with E-state index in [4.69, 9.17) is 18.9 Å². The fourth-order valence-electron chi connectivity index (χ4n) is 6.63. The third kappa shape index (κ3) is 10.3. The second-order valence-electron chi connectivity index (χ2n) is 14.3. The van der Waals surface area contributed by atoms with E-state index in [1.807, 2.05) is 36.4 Å². The fourth-order valence-corrected chi connectivity index (χ4v) is 6.63. The zero-order valence-corrected chi connectivity index (χ0v) is 30.0. The van der Waals surface area contributed by atoms with E-state index >= 15 is 0 Å². The van der Waals surface area contributed by atoms with Crippen molar-refractivity contribution in [2.45, 2.75) is 70.9 Å². The molecule has 2 amide bonds. The van der Waals surface area contributed by atoms with Crippen LogP contribution in [0.4, 0.5) is 18.0 Å². The number of pyridine rings is 1. The van der Waals surface area contributed by atoms with Gasteiger partial charge in [-0.05, 0) is 52.6 Å². The number of alkyl halides is 3. The van der Waals surface area contributed by atoms with Crippen molar-refractivity contribution in [1.29, 1.82) is 0 Å². The number of nitrogens with one attached hydrogen (secondary N) is 2. The van der Waals surface area contributed by atoms with Crippen LogP contribution in [0.15, 0.2) is 73.1 Å². The number of ether oxygens (including phenoxy) is 4. The summed E-state index contributed by atoms with van der Waals surface area (Å²) in [5, 5.41) is 15.7. The number of hydrogen-bond donors (Lipinski definition) is 3. The molecule has 0 aliphatic carbocycles. The highest BCUT2D eigenvalue weighted by Gasteiger charge is 2.44. The van der Waals surface area contributed by atoms with E-state index in [-0.39, 0.29) is 24.5 Å². The number of fused-ring (bicyclic) bond motifs is 1. The molecule has 2 aromatic carbocycles. The zero-order valence-electron chi connectivity index (χ0n) is 30.0. The summed E-state index contributed by atoms with van der Waals surface area (Å²) in [6, 6.07) is 14.8. The Bertz CT molecular complexity index is 1700. The van der Waals surface area contributed by atoms with Crippen LogP contribution in [-0.2, 0) is 47.7 Å². The van der Waals surface area contributed by atoms with Gasteiger partial charge in [-0.25, -0.2) is 9.80 Å². The van der Waals surface area contributed by atoms with Crippen LogP contribution in [-0.4, -0.2) is 84.5 Å². The van der Waals surface area contributed by atoms with Crippen LogP contribution in [0.1, 0.15) is 43.9 Å². The van der Waals surface area contributed by atoms with Crippen LogP contribution in [0.3, 0.4) is 0 Å². The van der Waals surface area contributed by atoms with Crippen molar-refractivity contribution in [1.82, 2.24) is 20.7 Å². The number of hydrogen-bond acceptors (Lipinski definition) is 10. The van der Waals surface area contributed by atoms with Crippen LogP contribution < -0.4 is 10.7 Å². The Hall–Kier alpha value is -4.57. The molecule has 0 bridgehead atoms. The number of esters is 1. The van der Waals surface area contributed by atoms with Gasteiger partial charge in [0.05, 0.1) is 44.0 Å². The molecule has 3 heterocycles. The van der Waals surface area contributed by atoms with Crippen molar-refractivity contribution in [2.24, 2.45) is 17.3 Å². The summed E-state index contributed by atoms with van der Waals surface area (Å²) in [5.74, 6) is -2.93. The van der Waals surface area contributed by atoms with E-state index in [1.54, 1.807) is 33.2 Å². The number of aliphatic hydroxyl groups excluding tert-OH is 1. The largest absolute Gasteiger partial charge is 0.468 e. The molecule has 15 heteroatoms. The van der Waals surface area contributed by atoms with Crippen molar-refractivity contribution < 1.29 is 51.6 Å². The lowest BCUT2D eigenvalue weighted by atomic mass is 9.80. The minimum Gasteiger partial charge on any atom is -0.468 e. The predicted molar refractivity (Wildman–Crippen MR) is 185 cm³/mol. The molecule has 0 saturated carbocycles. The summed E-state index contributed by atoms with van der Waals surface area (Å²) in [6.45, 7) is 4.68. The predicted octanol–water partition coefficient (Wildman–Crippen LogP) is 4.90. The Morgan fingerprint density at radius 3 is 2.42 bits per heavy atom. The minimum atomic E-state index is -4.70. The smallest absolute Gasteiger partial charge is 0.422 e. The first-order chi connectivity index (χ1) is 25.1. The number of hydrazine groups is 1. The third-order valence-electron chi connectivity index (χ3n) is 9.35. The van der Waals surface area contributed by atoms with Gasteiger partial charge in [0.15, 0.2) is 6.29 Å². The molecule has 1 aromatic heterocycles. The van der Waals surface area contributed by atoms with Gasteiger partial charge in [-0.1, -0.05) is 69.3 Å². The molecule has 53 heavy (non-hydrogen) atoms. The van der Waals surface area contributed by atoms with Crippen LogP contribution in [0.2, 0.25) is 0 Å². The van der Waals surface area contributed by atoms with Gasteiger partial charge in [0.2, 0.25) is 5.91 Å². The summed E-state index contributed by atoms with van der Waals surface area (Å²) in [7, 11) is 1.17. The first-order valence-electron chi connectivity index (χ1n) is 17.3. The maximum absolute atomic E-state index is 14.0. The lowest BCUT2D eigenvalue weighted by Crippen LogP contribution is -2.55. The fraction of sp³-hybridized carbons (Fsp3) is 0.474. The molecule has 2 aliphatic rings. The minimum absolute atomic E-state index is 0.0537. The van der Waals surface area contributed by atoms with Crippen molar-refractivity contribution >= 4 is 18.0 Å². The number of nitrogens with zero attached hydrogens (tertiary/aromatic N) is 2. The van der Waals surface area contributed by atoms with E-state index in [0.29, 0.717) is 18.6 Å². The van der Waals surface area contributed by atoms with Gasteiger partial charge in [-0.3, -0.25) is 20.0 Å². The summed E-state index contributed by atoms with van der Waals surface area (Å²) in [5.41, 5.74) is 2.99. The van der Waals surface area contributed by atoms with Gasteiger partial charge in [0, 0.05) is 25.5 Å². The quantitative estimate of drug-likeness (QED) is 0.126. The summed E-state index contributed by atoms with van der Waals surface area (Å²) in [6.07, 6.45) is -4.27. The van der Waals surface area contributed by atoms with Gasteiger partial charge in [0.25, 0.3) is 0 Å². The number of halogens is 3. The SMILES string of the molecule is COC(=O)C(C(=O)NC(Cc1ccc(-c2cccnc2)cc1)C(O)CN(Cc1ccccc1C(F)(F)F)NC(=O)OC1COC2OCCC12)C(C)(C)C. The maximum atomic E-state index is 14.0. The standard InChI is InChI=1S/C38H45F3N4O8/c1-37(2,3)32(34(48)50-4)33(47)43-29(18-23-11-13-24(14-12-23)25-9-7-16-42-19-25)30(46)21-45(20-26-8-5-6-10-28(26)38(39,40)41)44-36(49)53-31-22-52-35-27(31)15-17-51-35/h5-14,16,19,27,29-32,35,46H,15,17-18,20-22H2,1-4H3,(H,43,47)(H,44,49).